The monoisotopic (exact) mass is 296 g/mol. The van der Waals surface area contributed by atoms with E-state index in [2.05, 4.69) is 26.2 Å². The van der Waals surface area contributed by atoms with Gasteiger partial charge >= 0.3 is 0 Å². The lowest BCUT2D eigenvalue weighted by Crippen LogP contribution is -2.35. The highest BCUT2D eigenvalue weighted by Gasteiger charge is 2.22. The highest BCUT2D eigenvalue weighted by molar-refractivity contribution is 9.10. The Morgan fingerprint density at radius 3 is 2.82 bits per heavy atom. The molecule has 0 saturated heterocycles. The van der Waals surface area contributed by atoms with Crippen molar-refractivity contribution in [3.05, 3.63) is 43.4 Å². The molecule has 0 aliphatic carbocycles. The minimum Gasteiger partial charge on any atom is -0.488 e. The Kier molecular flexibility index (Phi) is 3.23. The zero-order valence-corrected chi connectivity index (χ0v) is 10.6. The summed E-state index contributed by atoms with van der Waals surface area (Å²) in [4.78, 5) is 26.5. The number of nitrogens with zero attached hydrogens (tertiary/aromatic N) is 1. The lowest BCUT2D eigenvalue weighted by Gasteiger charge is -2.12. The number of hydrogen-bond donors (Lipinski definition) is 1. The van der Waals surface area contributed by atoms with Crippen molar-refractivity contribution >= 4 is 27.3 Å². The van der Waals surface area contributed by atoms with Gasteiger partial charge in [0, 0.05) is 11.9 Å². The Morgan fingerprint density at radius 2 is 2.18 bits per heavy atom. The molecule has 1 aromatic heterocycles. The number of hydrogen-bond acceptors (Lipinski definition) is 5. The van der Waals surface area contributed by atoms with Gasteiger partial charge in [0.15, 0.2) is 5.75 Å². The van der Waals surface area contributed by atoms with Gasteiger partial charge in [0.2, 0.25) is 0 Å². The van der Waals surface area contributed by atoms with Crippen LogP contribution >= 0.6 is 15.9 Å². The predicted molar refractivity (Wildman–Crippen MR) is 67.7 cm³/mol. The van der Waals surface area contributed by atoms with E-state index in [-0.39, 0.29) is 11.4 Å². The minimum absolute atomic E-state index is 0.102. The fourth-order valence-corrected chi connectivity index (χ4v) is 1.76. The summed E-state index contributed by atoms with van der Waals surface area (Å²) in [5.74, 6) is 0.102. The number of halogens is 1. The Morgan fingerprint density at radius 1 is 1.41 bits per heavy atom. The summed E-state index contributed by atoms with van der Waals surface area (Å²) in [5.41, 5.74) is -0.265. The maximum atomic E-state index is 11.4. The summed E-state index contributed by atoms with van der Waals surface area (Å²) in [6, 6.07) is 3.39. The second kappa shape index (κ2) is 4.67. The zero-order valence-electron chi connectivity index (χ0n) is 8.99. The van der Waals surface area contributed by atoms with Gasteiger partial charge in [0.1, 0.15) is 10.3 Å². The van der Waals surface area contributed by atoms with E-state index in [9.17, 15) is 9.59 Å². The average molecular weight is 297 g/mol. The van der Waals surface area contributed by atoms with Crippen LogP contribution in [-0.2, 0) is 0 Å². The number of rotatable bonds is 4. The van der Waals surface area contributed by atoms with Crippen LogP contribution in [0.2, 0.25) is 0 Å². The van der Waals surface area contributed by atoms with Gasteiger partial charge in [-0.05, 0) is 35.0 Å². The molecule has 88 valence electrons. The van der Waals surface area contributed by atoms with Gasteiger partial charge in [-0.15, -0.1) is 0 Å². The van der Waals surface area contributed by atoms with Crippen molar-refractivity contribution in [2.24, 2.45) is 0 Å². The molecule has 1 aromatic carbocycles. The van der Waals surface area contributed by atoms with Crippen LogP contribution in [0.4, 0.5) is 11.4 Å². The lowest BCUT2D eigenvalue weighted by atomic mass is 10.2. The first-order valence-corrected chi connectivity index (χ1v) is 5.77. The summed E-state index contributed by atoms with van der Waals surface area (Å²) >= 11 is 3.21. The summed E-state index contributed by atoms with van der Waals surface area (Å²) in [6.45, 7) is 2.10. The van der Waals surface area contributed by atoms with Crippen molar-refractivity contribution in [1.82, 2.24) is 4.98 Å². The molecule has 2 rings (SSSR count). The number of nitrogens with one attached hydrogen (secondary N) is 1. The van der Waals surface area contributed by atoms with Crippen LogP contribution in [0.5, 0.6) is 5.75 Å². The Hall–Kier alpha value is -1.69. The van der Waals surface area contributed by atoms with Crippen molar-refractivity contribution in [3.8, 4) is 5.75 Å². The maximum absolute atomic E-state index is 11.4. The first kappa shape index (κ1) is 11.8. The largest absolute Gasteiger partial charge is 0.488 e. The van der Waals surface area contributed by atoms with Crippen molar-refractivity contribution in [2.75, 3.05) is 11.9 Å². The van der Waals surface area contributed by atoms with Crippen LogP contribution in [0.3, 0.4) is 0 Å². The summed E-state index contributed by atoms with van der Waals surface area (Å²) in [7, 11) is 0. The Labute approximate surface area is 105 Å². The molecular weight excluding hydrogens is 288 g/mol. The smallest absolute Gasteiger partial charge is 0.272 e. The second-order valence-electron chi connectivity index (χ2n) is 3.29. The van der Waals surface area contributed by atoms with Gasteiger partial charge < -0.3 is 10.1 Å². The van der Waals surface area contributed by atoms with E-state index in [1.54, 1.807) is 25.3 Å². The van der Waals surface area contributed by atoms with Crippen molar-refractivity contribution in [1.29, 1.82) is 0 Å². The van der Waals surface area contributed by atoms with Crippen LogP contribution in [0.1, 0.15) is 6.92 Å². The lowest BCUT2D eigenvalue weighted by molar-refractivity contribution is 0.335. The van der Waals surface area contributed by atoms with E-state index in [0.29, 0.717) is 16.9 Å². The van der Waals surface area contributed by atoms with Gasteiger partial charge in [-0.25, -0.2) is 4.98 Å². The molecule has 0 radical (unpaired) electrons. The molecule has 0 fully saturated rings. The van der Waals surface area contributed by atoms with Crippen LogP contribution in [0.25, 0.3) is 0 Å². The first-order chi connectivity index (χ1) is 8.13. The molecular formula is C11H9BrN2O3. The van der Waals surface area contributed by atoms with E-state index >= 15 is 0 Å². The highest BCUT2D eigenvalue weighted by atomic mass is 79.9. The third kappa shape index (κ3) is 2.21. The topological polar surface area (TPSA) is 68.3 Å². The minimum atomic E-state index is -0.581. The first-order valence-electron chi connectivity index (χ1n) is 4.98. The third-order valence-corrected chi connectivity index (χ3v) is 2.58. The van der Waals surface area contributed by atoms with Crippen LogP contribution in [0, 0.1) is 0 Å². The normalized spacial score (nSPS) is 10.5. The number of ether oxygens (including phenoxy) is 1. The van der Waals surface area contributed by atoms with Gasteiger partial charge in [-0.1, -0.05) is 0 Å². The molecule has 0 unspecified atom stereocenters. The predicted octanol–water partition coefficient (Wildman–Crippen LogP) is 1.58. The molecule has 6 heteroatoms. The van der Waals surface area contributed by atoms with E-state index in [4.69, 9.17) is 4.74 Å². The van der Waals surface area contributed by atoms with Gasteiger partial charge in [0.25, 0.3) is 10.9 Å². The van der Waals surface area contributed by atoms with E-state index in [1.807, 2.05) is 0 Å². The van der Waals surface area contributed by atoms with Crippen LogP contribution < -0.4 is 20.9 Å². The molecule has 2 aromatic rings. The second-order valence-corrected chi connectivity index (χ2v) is 4.10. The molecule has 0 atom stereocenters. The quantitative estimate of drug-likeness (QED) is 0.685. The number of anilines is 2. The molecule has 17 heavy (non-hydrogen) atoms. The number of aromatic nitrogens is 1. The Bertz CT molecular complexity index is 617. The summed E-state index contributed by atoms with van der Waals surface area (Å²) in [6.07, 6.45) is 1.58. The molecule has 0 bridgehead atoms. The summed E-state index contributed by atoms with van der Waals surface area (Å²) < 4.78 is 5.73. The van der Waals surface area contributed by atoms with Crippen molar-refractivity contribution < 1.29 is 4.74 Å². The zero-order chi connectivity index (χ0) is 12.4. The summed E-state index contributed by atoms with van der Waals surface area (Å²) in [5, 5.41) is 2.85. The fourth-order valence-electron chi connectivity index (χ4n) is 1.39. The average Bonchev–Trinajstić information content (AvgIpc) is 2.33. The van der Waals surface area contributed by atoms with E-state index in [1.165, 1.54) is 0 Å². The Balaban J connectivity index is 2.28. The number of pyridine rings is 1. The third-order valence-electron chi connectivity index (χ3n) is 2.15. The molecule has 0 aliphatic rings. The van der Waals surface area contributed by atoms with Gasteiger partial charge in [-0.2, -0.15) is 0 Å². The standard InChI is InChI=1S/C11H9BrN2O3/c1-2-17-11-8(9(15)10(11)16)14-6-3-4-13-7(12)5-6/h3-5H,2H2,1H3,(H,13,14). The van der Waals surface area contributed by atoms with Gasteiger partial charge in [0.05, 0.1) is 6.61 Å². The van der Waals surface area contributed by atoms with E-state index < -0.39 is 10.9 Å². The molecule has 0 saturated carbocycles. The SMILES string of the molecule is CCOc1c(Nc2ccnc(Br)c2)c(=O)c1=O. The fraction of sp³-hybridized carbons (Fsp3) is 0.182. The van der Waals surface area contributed by atoms with Crippen molar-refractivity contribution in [2.45, 2.75) is 6.92 Å². The van der Waals surface area contributed by atoms with Crippen LogP contribution in [0.15, 0.2) is 32.5 Å². The maximum Gasteiger partial charge on any atom is 0.272 e. The molecule has 1 N–H and O–H groups in total. The highest BCUT2D eigenvalue weighted by Crippen LogP contribution is 2.23. The van der Waals surface area contributed by atoms with Gasteiger partial charge in [-0.3, -0.25) is 9.59 Å². The molecule has 5 nitrogen and oxygen atoms in total. The van der Waals surface area contributed by atoms with Crippen LogP contribution in [-0.4, -0.2) is 11.6 Å². The van der Waals surface area contributed by atoms with Crippen molar-refractivity contribution in [3.63, 3.8) is 0 Å². The molecule has 1 heterocycles. The molecule has 0 spiro atoms. The van der Waals surface area contributed by atoms with E-state index in [0.717, 1.165) is 0 Å². The molecule has 0 amide bonds. The molecule has 0 aliphatic heterocycles.